The molecule has 0 aliphatic heterocycles. The van der Waals surface area contributed by atoms with Gasteiger partial charge in [0.15, 0.2) is 9.84 Å². The second-order valence-electron chi connectivity index (χ2n) is 4.01. The van der Waals surface area contributed by atoms with Crippen LogP contribution >= 0.6 is 11.3 Å². The monoisotopic (exact) mass is 276 g/mol. The van der Waals surface area contributed by atoms with Crippen LogP contribution in [-0.2, 0) is 16.3 Å². The van der Waals surface area contributed by atoms with Gasteiger partial charge in [-0.05, 0) is 13.3 Å². The molecule has 0 atom stereocenters. The number of aryl methyl sites for hydroxylation is 1. The van der Waals surface area contributed by atoms with Crippen molar-refractivity contribution in [3.8, 4) is 0 Å². The molecule has 1 N–H and O–H groups in total. The summed E-state index contributed by atoms with van der Waals surface area (Å²) in [6.45, 7) is 5.19. The number of aromatic nitrogens is 1. The Labute approximate surface area is 107 Å². The molecule has 1 rings (SSSR count). The van der Waals surface area contributed by atoms with E-state index in [4.69, 9.17) is 0 Å². The first-order valence-corrected chi connectivity index (χ1v) is 8.56. The van der Waals surface area contributed by atoms with Gasteiger partial charge in [0.2, 0.25) is 0 Å². The highest BCUT2D eigenvalue weighted by Gasteiger charge is 2.08. The Morgan fingerprint density at radius 1 is 1.35 bits per heavy atom. The molecule has 0 saturated heterocycles. The van der Waals surface area contributed by atoms with Gasteiger partial charge in [-0.25, -0.2) is 13.4 Å². The van der Waals surface area contributed by atoms with Gasteiger partial charge in [0.25, 0.3) is 0 Å². The lowest BCUT2D eigenvalue weighted by molar-refractivity contribution is 0.589. The molecule has 0 bridgehead atoms. The average Bonchev–Trinajstić information content (AvgIpc) is 2.63. The average molecular weight is 276 g/mol. The van der Waals surface area contributed by atoms with Gasteiger partial charge < -0.3 is 5.32 Å². The lowest BCUT2D eigenvalue weighted by Crippen LogP contribution is -2.26. The van der Waals surface area contributed by atoms with E-state index in [-0.39, 0.29) is 5.75 Å². The number of hydrogen-bond acceptors (Lipinski definition) is 5. The fourth-order valence-electron chi connectivity index (χ4n) is 1.51. The predicted molar refractivity (Wildman–Crippen MR) is 72.4 cm³/mol. The molecule has 98 valence electrons. The van der Waals surface area contributed by atoms with Crippen LogP contribution in [0.25, 0.3) is 0 Å². The van der Waals surface area contributed by atoms with E-state index in [0.29, 0.717) is 18.7 Å². The van der Waals surface area contributed by atoms with Crippen molar-refractivity contribution in [2.45, 2.75) is 26.7 Å². The van der Waals surface area contributed by atoms with Crippen LogP contribution in [-0.4, -0.2) is 38.0 Å². The summed E-state index contributed by atoms with van der Waals surface area (Å²) in [6.07, 6.45) is 1.55. The zero-order chi connectivity index (χ0) is 12.7. The summed E-state index contributed by atoms with van der Waals surface area (Å²) in [5.74, 6) is 0.525. The Balaban J connectivity index is 2.13. The van der Waals surface area contributed by atoms with Gasteiger partial charge in [-0.3, -0.25) is 0 Å². The standard InChI is InChI=1S/C11H20N2O2S2/c1-3-7-17(14,15)8-6-12-5-4-11-9-16-10(2)13-11/h9,12H,3-8H2,1-2H3. The summed E-state index contributed by atoms with van der Waals surface area (Å²) in [7, 11) is -2.85. The van der Waals surface area contributed by atoms with Crippen LogP contribution in [0, 0.1) is 6.92 Å². The molecule has 1 aromatic rings. The van der Waals surface area contributed by atoms with E-state index in [1.807, 2.05) is 19.2 Å². The Morgan fingerprint density at radius 3 is 2.71 bits per heavy atom. The highest BCUT2D eigenvalue weighted by atomic mass is 32.2. The van der Waals surface area contributed by atoms with Gasteiger partial charge in [-0.2, -0.15) is 0 Å². The van der Waals surface area contributed by atoms with E-state index in [1.165, 1.54) is 0 Å². The van der Waals surface area contributed by atoms with Crippen LogP contribution < -0.4 is 5.32 Å². The number of rotatable bonds is 8. The summed E-state index contributed by atoms with van der Waals surface area (Å²) in [5, 5.41) is 6.26. The van der Waals surface area contributed by atoms with Crippen molar-refractivity contribution in [1.82, 2.24) is 10.3 Å². The smallest absolute Gasteiger partial charge is 0.151 e. The summed E-state index contributed by atoms with van der Waals surface area (Å²) in [6, 6.07) is 0. The molecule has 4 nitrogen and oxygen atoms in total. The van der Waals surface area contributed by atoms with Crippen molar-refractivity contribution in [2.24, 2.45) is 0 Å². The minimum absolute atomic E-state index is 0.233. The molecular weight excluding hydrogens is 256 g/mol. The van der Waals surface area contributed by atoms with Gasteiger partial charge in [0.05, 0.1) is 16.5 Å². The normalized spacial score (nSPS) is 11.9. The van der Waals surface area contributed by atoms with Gasteiger partial charge in [-0.1, -0.05) is 6.92 Å². The highest BCUT2D eigenvalue weighted by Crippen LogP contribution is 2.07. The third kappa shape index (κ3) is 6.14. The zero-order valence-electron chi connectivity index (χ0n) is 10.4. The summed E-state index contributed by atoms with van der Waals surface area (Å²) in [5.41, 5.74) is 1.08. The van der Waals surface area contributed by atoms with Gasteiger partial charge in [-0.15, -0.1) is 11.3 Å². The van der Waals surface area contributed by atoms with Crippen molar-refractivity contribution < 1.29 is 8.42 Å². The van der Waals surface area contributed by atoms with E-state index in [9.17, 15) is 8.42 Å². The molecule has 0 amide bonds. The van der Waals surface area contributed by atoms with Crippen LogP contribution in [0.15, 0.2) is 5.38 Å². The number of sulfone groups is 1. The topological polar surface area (TPSA) is 59.1 Å². The number of nitrogens with zero attached hydrogens (tertiary/aromatic N) is 1. The maximum absolute atomic E-state index is 11.4. The van der Waals surface area contributed by atoms with Crippen molar-refractivity contribution in [3.05, 3.63) is 16.1 Å². The van der Waals surface area contributed by atoms with Crippen LogP contribution in [0.2, 0.25) is 0 Å². The van der Waals surface area contributed by atoms with E-state index >= 15 is 0 Å². The first kappa shape index (κ1) is 14.6. The molecule has 0 aromatic carbocycles. The van der Waals surface area contributed by atoms with Crippen molar-refractivity contribution in [1.29, 1.82) is 0 Å². The summed E-state index contributed by atoms with van der Waals surface area (Å²) >= 11 is 1.64. The van der Waals surface area contributed by atoms with Crippen LogP contribution in [0.5, 0.6) is 0 Å². The Hall–Kier alpha value is -0.460. The molecule has 0 radical (unpaired) electrons. The Morgan fingerprint density at radius 2 is 2.12 bits per heavy atom. The highest BCUT2D eigenvalue weighted by molar-refractivity contribution is 7.91. The summed E-state index contributed by atoms with van der Waals surface area (Å²) < 4.78 is 22.8. The third-order valence-electron chi connectivity index (χ3n) is 2.33. The van der Waals surface area contributed by atoms with Crippen LogP contribution in [0.4, 0.5) is 0 Å². The SMILES string of the molecule is CCCS(=O)(=O)CCNCCc1csc(C)n1. The molecule has 1 heterocycles. The number of thiazole rings is 1. The van der Waals surface area contributed by atoms with E-state index in [0.717, 1.165) is 23.7 Å². The molecule has 0 aliphatic rings. The number of nitrogens with one attached hydrogen (secondary N) is 1. The third-order valence-corrected chi connectivity index (χ3v) is 5.01. The second-order valence-corrected chi connectivity index (χ2v) is 7.38. The minimum atomic E-state index is -2.85. The van der Waals surface area contributed by atoms with Crippen molar-refractivity contribution in [2.75, 3.05) is 24.6 Å². The fourth-order valence-corrected chi connectivity index (χ4v) is 3.43. The van der Waals surface area contributed by atoms with Crippen molar-refractivity contribution >= 4 is 21.2 Å². The van der Waals surface area contributed by atoms with Gasteiger partial charge >= 0.3 is 0 Å². The Kier molecular flexibility index (Phi) is 6.08. The molecular formula is C11H20N2O2S2. The second kappa shape index (κ2) is 7.08. The maximum atomic E-state index is 11.4. The molecule has 0 fully saturated rings. The fraction of sp³-hybridized carbons (Fsp3) is 0.727. The van der Waals surface area contributed by atoms with Gasteiger partial charge in [0, 0.05) is 30.6 Å². The molecule has 6 heteroatoms. The molecule has 1 aromatic heterocycles. The van der Waals surface area contributed by atoms with Gasteiger partial charge in [0.1, 0.15) is 0 Å². The Bertz CT molecular complexity index is 426. The lowest BCUT2D eigenvalue weighted by atomic mass is 10.3. The van der Waals surface area contributed by atoms with Crippen molar-refractivity contribution in [3.63, 3.8) is 0 Å². The first-order chi connectivity index (χ1) is 8.03. The quantitative estimate of drug-likeness (QED) is 0.729. The minimum Gasteiger partial charge on any atom is -0.315 e. The van der Waals surface area contributed by atoms with Crippen LogP contribution in [0.1, 0.15) is 24.0 Å². The largest absolute Gasteiger partial charge is 0.315 e. The maximum Gasteiger partial charge on any atom is 0.151 e. The molecule has 0 unspecified atom stereocenters. The number of hydrogen-bond donors (Lipinski definition) is 1. The lowest BCUT2D eigenvalue weighted by Gasteiger charge is -2.04. The predicted octanol–water partition coefficient (Wildman–Crippen LogP) is 1.41. The molecule has 0 saturated carbocycles. The first-order valence-electron chi connectivity index (χ1n) is 5.85. The van der Waals surface area contributed by atoms with Crippen LogP contribution in [0.3, 0.4) is 0 Å². The molecule has 0 aliphatic carbocycles. The zero-order valence-corrected chi connectivity index (χ0v) is 12.0. The molecule has 0 spiro atoms. The van der Waals surface area contributed by atoms with E-state index < -0.39 is 9.84 Å². The van der Waals surface area contributed by atoms with E-state index in [1.54, 1.807) is 11.3 Å². The molecule has 17 heavy (non-hydrogen) atoms. The summed E-state index contributed by atoms with van der Waals surface area (Å²) in [4.78, 5) is 4.35. The van der Waals surface area contributed by atoms with E-state index in [2.05, 4.69) is 10.3 Å².